The van der Waals surface area contributed by atoms with Gasteiger partial charge in [0, 0.05) is 32.4 Å². The van der Waals surface area contributed by atoms with Crippen molar-refractivity contribution in [3.05, 3.63) is 65.2 Å². The van der Waals surface area contributed by atoms with Crippen LogP contribution in [0.1, 0.15) is 34.1 Å². The third-order valence-electron chi connectivity index (χ3n) is 6.12. The van der Waals surface area contributed by atoms with Gasteiger partial charge in [0.2, 0.25) is 0 Å². The number of hydrogen-bond acceptors (Lipinski definition) is 6. The third kappa shape index (κ3) is 3.36. The molecule has 1 aliphatic heterocycles. The van der Waals surface area contributed by atoms with Crippen molar-refractivity contribution < 1.29 is 9.90 Å². The van der Waals surface area contributed by atoms with E-state index in [2.05, 4.69) is 21.9 Å². The second kappa shape index (κ2) is 8.14. The molecule has 0 radical (unpaired) electrons. The number of nitrogens with two attached hydrogens (primary N) is 1. The molecule has 4 rings (SSSR count). The van der Waals surface area contributed by atoms with Gasteiger partial charge >= 0.3 is 0 Å². The highest BCUT2D eigenvalue weighted by Gasteiger charge is 2.35. The summed E-state index contributed by atoms with van der Waals surface area (Å²) in [6, 6.07) is 9.38. The fraction of sp³-hybridized carbons (Fsp3) is 0.409. The van der Waals surface area contributed by atoms with Gasteiger partial charge in [0.05, 0.1) is 23.4 Å². The van der Waals surface area contributed by atoms with E-state index in [9.17, 15) is 9.90 Å². The Kier molecular flexibility index (Phi) is 5.55. The molecule has 1 aromatic carbocycles. The Balaban J connectivity index is 1.76. The second-order valence-corrected chi connectivity index (χ2v) is 7.79. The van der Waals surface area contributed by atoms with E-state index in [4.69, 9.17) is 5.73 Å². The molecule has 0 unspecified atom stereocenters. The Morgan fingerprint density at radius 2 is 1.90 bits per heavy atom. The summed E-state index contributed by atoms with van der Waals surface area (Å²) in [7, 11) is 0. The van der Waals surface area contributed by atoms with E-state index in [0.29, 0.717) is 29.9 Å². The fourth-order valence-electron chi connectivity index (χ4n) is 4.18. The summed E-state index contributed by atoms with van der Waals surface area (Å²) in [6.45, 7) is 7.87. The maximum absolute atomic E-state index is 13.3. The quantitative estimate of drug-likeness (QED) is 0.654. The third-order valence-corrected chi connectivity index (χ3v) is 6.12. The molecule has 2 aromatic heterocycles. The van der Waals surface area contributed by atoms with E-state index >= 15 is 0 Å². The molecule has 0 saturated carbocycles. The van der Waals surface area contributed by atoms with Crippen LogP contribution in [0.15, 0.2) is 42.9 Å². The molecule has 3 aromatic rings. The number of benzene rings is 1. The van der Waals surface area contributed by atoms with Gasteiger partial charge in [0.25, 0.3) is 5.91 Å². The average molecular weight is 409 g/mol. The standard InChI is InChI=1S/C22H28N6O2/c1-3-26-9-11-27(12-10-26)21(30)18-13-28-19(16(18)2)20(24-15-25-28)22(23,14-29)17-7-5-4-6-8-17/h4-8,13,15,29H,3,9-12,14,23H2,1-2H3/t22-/m0/s1. The molecule has 3 heterocycles. The Labute approximate surface area is 175 Å². The minimum atomic E-state index is -1.21. The summed E-state index contributed by atoms with van der Waals surface area (Å²) in [5.74, 6) is -0.00830. The smallest absolute Gasteiger partial charge is 0.255 e. The van der Waals surface area contributed by atoms with Crippen molar-refractivity contribution in [1.82, 2.24) is 24.4 Å². The summed E-state index contributed by atoms with van der Waals surface area (Å²) < 4.78 is 1.65. The number of fused-ring (bicyclic) bond motifs is 1. The molecule has 1 amide bonds. The van der Waals surface area contributed by atoms with Crippen molar-refractivity contribution in [2.45, 2.75) is 19.4 Å². The fourth-order valence-corrected chi connectivity index (χ4v) is 4.18. The first-order valence-corrected chi connectivity index (χ1v) is 10.3. The first-order chi connectivity index (χ1) is 14.5. The first kappa shape index (κ1) is 20.5. The molecule has 1 atom stereocenters. The number of carbonyl (C=O) groups excluding carboxylic acids is 1. The SMILES string of the molecule is CCN1CCN(C(=O)c2cn3ncnc([C@](N)(CO)c4ccccc4)c3c2C)CC1. The van der Waals surface area contributed by atoms with E-state index in [1.807, 2.05) is 42.2 Å². The summed E-state index contributed by atoms with van der Waals surface area (Å²) in [5.41, 5.74) is 8.74. The number of carbonyl (C=O) groups is 1. The van der Waals surface area contributed by atoms with Crippen LogP contribution in [-0.4, -0.2) is 74.7 Å². The lowest BCUT2D eigenvalue weighted by atomic mass is 9.87. The predicted molar refractivity (Wildman–Crippen MR) is 114 cm³/mol. The maximum atomic E-state index is 13.3. The van der Waals surface area contributed by atoms with Gasteiger partial charge in [0.1, 0.15) is 11.9 Å². The largest absolute Gasteiger partial charge is 0.394 e. The van der Waals surface area contributed by atoms with Crippen molar-refractivity contribution >= 4 is 11.4 Å². The van der Waals surface area contributed by atoms with Crippen LogP contribution in [0.25, 0.3) is 5.52 Å². The molecular weight excluding hydrogens is 380 g/mol. The van der Waals surface area contributed by atoms with Crippen molar-refractivity contribution in [3.63, 3.8) is 0 Å². The minimum Gasteiger partial charge on any atom is -0.394 e. The lowest BCUT2D eigenvalue weighted by Crippen LogP contribution is -2.48. The van der Waals surface area contributed by atoms with E-state index < -0.39 is 5.54 Å². The normalized spacial score (nSPS) is 17.3. The first-order valence-electron chi connectivity index (χ1n) is 10.3. The number of aliphatic hydroxyl groups excluding tert-OH is 1. The molecule has 3 N–H and O–H groups in total. The molecule has 0 spiro atoms. The van der Waals surface area contributed by atoms with E-state index in [0.717, 1.165) is 30.8 Å². The van der Waals surface area contributed by atoms with Crippen LogP contribution < -0.4 is 5.73 Å². The number of nitrogens with zero attached hydrogens (tertiary/aromatic N) is 5. The van der Waals surface area contributed by atoms with Crippen LogP contribution >= 0.6 is 0 Å². The lowest BCUT2D eigenvalue weighted by Gasteiger charge is -2.34. The van der Waals surface area contributed by atoms with Crippen LogP contribution in [0.3, 0.4) is 0 Å². The molecule has 8 nitrogen and oxygen atoms in total. The highest BCUT2D eigenvalue weighted by Crippen LogP contribution is 2.31. The van der Waals surface area contributed by atoms with Gasteiger partial charge in [-0.05, 0) is 24.6 Å². The molecule has 1 fully saturated rings. The van der Waals surface area contributed by atoms with Crippen LogP contribution in [0.2, 0.25) is 0 Å². The van der Waals surface area contributed by atoms with Crippen molar-refractivity contribution in [2.24, 2.45) is 5.73 Å². The average Bonchev–Trinajstić information content (AvgIpc) is 3.15. The summed E-state index contributed by atoms with van der Waals surface area (Å²) >= 11 is 0. The molecule has 1 saturated heterocycles. The topological polar surface area (TPSA) is 100.0 Å². The van der Waals surface area contributed by atoms with Gasteiger partial charge in [-0.25, -0.2) is 9.50 Å². The van der Waals surface area contributed by atoms with Gasteiger partial charge in [-0.15, -0.1) is 0 Å². The summed E-state index contributed by atoms with van der Waals surface area (Å²) in [6.07, 6.45) is 3.16. The van der Waals surface area contributed by atoms with E-state index in [-0.39, 0.29) is 12.5 Å². The number of hydrogen-bond donors (Lipinski definition) is 2. The highest BCUT2D eigenvalue weighted by molar-refractivity contribution is 5.98. The highest BCUT2D eigenvalue weighted by atomic mass is 16.3. The van der Waals surface area contributed by atoms with Crippen molar-refractivity contribution in [2.75, 3.05) is 39.3 Å². The zero-order valence-corrected chi connectivity index (χ0v) is 17.5. The zero-order valence-electron chi connectivity index (χ0n) is 17.5. The van der Waals surface area contributed by atoms with Crippen LogP contribution in [-0.2, 0) is 5.54 Å². The number of likely N-dealkylation sites (N-methyl/N-ethyl adjacent to an activating group) is 1. The second-order valence-electron chi connectivity index (χ2n) is 7.79. The molecule has 0 bridgehead atoms. The van der Waals surface area contributed by atoms with Crippen LogP contribution in [0.5, 0.6) is 0 Å². The van der Waals surface area contributed by atoms with Gasteiger partial charge in [-0.1, -0.05) is 37.3 Å². The van der Waals surface area contributed by atoms with Gasteiger partial charge < -0.3 is 20.6 Å². The maximum Gasteiger partial charge on any atom is 0.255 e. The van der Waals surface area contributed by atoms with Crippen LogP contribution in [0, 0.1) is 6.92 Å². The van der Waals surface area contributed by atoms with Gasteiger partial charge in [-0.3, -0.25) is 4.79 Å². The van der Waals surface area contributed by atoms with E-state index in [1.54, 1.807) is 10.7 Å². The number of amides is 1. The number of aromatic nitrogens is 3. The molecular formula is C22H28N6O2. The van der Waals surface area contributed by atoms with Gasteiger partial charge in [0.15, 0.2) is 0 Å². The Hall–Kier alpha value is -2.81. The lowest BCUT2D eigenvalue weighted by molar-refractivity contribution is 0.0643. The number of rotatable bonds is 5. The molecule has 8 heteroatoms. The van der Waals surface area contributed by atoms with Crippen molar-refractivity contribution in [1.29, 1.82) is 0 Å². The number of piperazine rings is 1. The Morgan fingerprint density at radius 1 is 1.20 bits per heavy atom. The predicted octanol–water partition coefficient (Wildman–Crippen LogP) is 1.01. The Morgan fingerprint density at radius 3 is 2.53 bits per heavy atom. The molecule has 30 heavy (non-hydrogen) atoms. The summed E-state index contributed by atoms with van der Waals surface area (Å²) in [5, 5.41) is 14.5. The van der Waals surface area contributed by atoms with Crippen molar-refractivity contribution in [3.8, 4) is 0 Å². The van der Waals surface area contributed by atoms with Crippen LogP contribution in [0.4, 0.5) is 0 Å². The van der Waals surface area contributed by atoms with Gasteiger partial charge in [-0.2, -0.15) is 5.10 Å². The molecule has 158 valence electrons. The zero-order chi connectivity index (χ0) is 21.3. The molecule has 1 aliphatic rings. The number of aryl methyl sites for hydroxylation is 1. The molecule has 0 aliphatic carbocycles. The monoisotopic (exact) mass is 408 g/mol. The summed E-state index contributed by atoms with van der Waals surface area (Å²) in [4.78, 5) is 21.9. The Bertz CT molecular complexity index is 1040. The minimum absolute atomic E-state index is 0.00830. The number of aliphatic hydroxyl groups is 1. The van der Waals surface area contributed by atoms with E-state index in [1.165, 1.54) is 6.33 Å².